The number of carbonyl (C=O) groups is 1. The van der Waals surface area contributed by atoms with Crippen molar-refractivity contribution in [3.63, 3.8) is 0 Å². The summed E-state index contributed by atoms with van der Waals surface area (Å²) in [6.45, 7) is 6.22. The average molecular weight is 350 g/mol. The lowest BCUT2D eigenvalue weighted by Crippen LogP contribution is -2.51. The number of piperidine rings is 1. The Labute approximate surface area is 147 Å². The Morgan fingerprint density at radius 1 is 1.40 bits per heavy atom. The molecule has 0 aliphatic carbocycles. The van der Waals surface area contributed by atoms with Gasteiger partial charge in [-0.2, -0.15) is 0 Å². The van der Waals surface area contributed by atoms with E-state index in [4.69, 9.17) is 14.2 Å². The van der Waals surface area contributed by atoms with Gasteiger partial charge in [0.25, 0.3) is 0 Å². The van der Waals surface area contributed by atoms with Gasteiger partial charge in [0.2, 0.25) is 5.91 Å². The number of rotatable bonds is 4. The van der Waals surface area contributed by atoms with Gasteiger partial charge in [-0.1, -0.05) is 5.21 Å². The summed E-state index contributed by atoms with van der Waals surface area (Å²) >= 11 is 0. The average Bonchev–Trinajstić information content (AvgIpc) is 3.25. The number of fused-ring (bicyclic) bond motifs is 1. The topological polar surface area (TPSA) is 78.7 Å². The Bertz CT molecular complexity index is 618. The molecule has 3 aliphatic heterocycles. The Balaban J connectivity index is 1.33. The van der Waals surface area contributed by atoms with Crippen molar-refractivity contribution in [3.05, 3.63) is 11.4 Å². The number of aromatic nitrogens is 3. The van der Waals surface area contributed by atoms with Gasteiger partial charge in [0.1, 0.15) is 5.69 Å². The van der Waals surface area contributed by atoms with Gasteiger partial charge in [0, 0.05) is 26.6 Å². The molecule has 3 aliphatic rings. The summed E-state index contributed by atoms with van der Waals surface area (Å²) in [4.78, 5) is 13.4. The first-order chi connectivity index (χ1) is 12.2. The lowest BCUT2D eigenvalue weighted by atomic mass is 9.90. The van der Waals surface area contributed by atoms with E-state index in [0.717, 1.165) is 56.8 Å². The van der Waals surface area contributed by atoms with Crippen LogP contribution in [0.4, 0.5) is 0 Å². The fourth-order valence-corrected chi connectivity index (χ4v) is 3.90. The Kier molecular flexibility index (Phi) is 4.75. The molecular weight excluding hydrogens is 324 g/mol. The maximum absolute atomic E-state index is 11.5. The van der Waals surface area contributed by atoms with Crippen LogP contribution in [0.15, 0.2) is 0 Å². The number of hydrogen-bond donors (Lipinski definition) is 0. The van der Waals surface area contributed by atoms with E-state index in [1.807, 2.05) is 9.58 Å². The molecule has 4 heterocycles. The maximum atomic E-state index is 11.5. The Morgan fingerprint density at radius 3 is 2.96 bits per heavy atom. The van der Waals surface area contributed by atoms with E-state index in [1.165, 1.54) is 0 Å². The number of ether oxygens (including phenoxy) is 3. The van der Waals surface area contributed by atoms with Gasteiger partial charge in [0.05, 0.1) is 43.8 Å². The minimum Gasteiger partial charge on any atom is -0.376 e. The lowest BCUT2D eigenvalue weighted by molar-refractivity contribution is -0.144. The molecule has 1 amide bonds. The first-order valence-electron chi connectivity index (χ1n) is 9.15. The molecule has 1 spiro atoms. The highest BCUT2D eigenvalue weighted by atomic mass is 16.5. The van der Waals surface area contributed by atoms with Crippen molar-refractivity contribution in [3.8, 4) is 0 Å². The summed E-state index contributed by atoms with van der Waals surface area (Å²) in [5.41, 5.74) is 1.64. The van der Waals surface area contributed by atoms with E-state index in [2.05, 4.69) is 10.3 Å². The minimum atomic E-state index is -0.220. The van der Waals surface area contributed by atoms with Gasteiger partial charge >= 0.3 is 0 Å². The number of likely N-dealkylation sites (tertiary alicyclic amines) is 1. The van der Waals surface area contributed by atoms with Crippen LogP contribution in [-0.2, 0) is 38.8 Å². The van der Waals surface area contributed by atoms with Gasteiger partial charge in [-0.15, -0.1) is 5.10 Å². The van der Waals surface area contributed by atoms with Crippen LogP contribution in [-0.4, -0.2) is 63.8 Å². The molecule has 0 aromatic carbocycles. The molecular formula is C17H26N4O4. The summed E-state index contributed by atoms with van der Waals surface area (Å²) in [7, 11) is 0. The quantitative estimate of drug-likeness (QED) is 0.802. The molecule has 138 valence electrons. The highest BCUT2D eigenvalue weighted by Gasteiger charge is 2.40. The molecule has 2 saturated heterocycles. The molecule has 0 radical (unpaired) electrons. The monoisotopic (exact) mass is 350 g/mol. The third-order valence-corrected chi connectivity index (χ3v) is 5.56. The number of hydrogen-bond acceptors (Lipinski definition) is 6. The van der Waals surface area contributed by atoms with Crippen molar-refractivity contribution in [2.24, 2.45) is 0 Å². The zero-order valence-electron chi connectivity index (χ0n) is 14.8. The van der Waals surface area contributed by atoms with Gasteiger partial charge in [-0.05, 0) is 25.7 Å². The van der Waals surface area contributed by atoms with E-state index >= 15 is 0 Å². The van der Waals surface area contributed by atoms with Crippen LogP contribution in [0.1, 0.15) is 44.0 Å². The summed E-state index contributed by atoms with van der Waals surface area (Å²) in [6, 6.07) is 0. The van der Waals surface area contributed by atoms with Crippen LogP contribution in [0.5, 0.6) is 0 Å². The van der Waals surface area contributed by atoms with E-state index in [1.54, 1.807) is 6.92 Å². The summed E-state index contributed by atoms with van der Waals surface area (Å²) in [5.74, 6) is 0.137. The van der Waals surface area contributed by atoms with Crippen LogP contribution in [0.25, 0.3) is 0 Å². The molecule has 0 saturated carbocycles. The fourth-order valence-electron chi connectivity index (χ4n) is 3.90. The summed E-state index contributed by atoms with van der Waals surface area (Å²) in [6.07, 6.45) is 4.10. The predicted octanol–water partition coefficient (Wildman–Crippen LogP) is 0.885. The minimum absolute atomic E-state index is 0.137. The van der Waals surface area contributed by atoms with E-state index in [9.17, 15) is 4.79 Å². The molecule has 1 aromatic heterocycles. The number of amides is 1. The smallest absolute Gasteiger partial charge is 0.219 e. The molecule has 4 rings (SSSR count). The van der Waals surface area contributed by atoms with Crippen LogP contribution in [0, 0.1) is 0 Å². The van der Waals surface area contributed by atoms with Crippen molar-refractivity contribution in [2.45, 2.75) is 64.1 Å². The third kappa shape index (κ3) is 3.56. The Morgan fingerprint density at radius 2 is 2.24 bits per heavy atom. The van der Waals surface area contributed by atoms with Crippen molar-refractivity contribution >= 4 is 5.91 Å². The third-order valence-electron chi connectivity index (χ3n) is 5.56. The van der Waals surface area contributed by atoms with Gasteiger partial charge < -0.3 is 19.1 Å². The van der Waals surface area contributed by atoms with Crippen LogP contribution >= 0.6 is 0 Å². The molecule has 25 heavy (non-hydrogen) atoms. The second-order valence-corrected chi connectivity index (χ2v) is 7.27. The van der Waals surface area contributed by atoms with Crippen LogP contribution in [0.3, 0.4) is 0 Å². The van der Waals surface area contributed by atoms with E-state index < -0.39 is 0 Å². The van der Waals surface area contributed by atoms with Crippen LogP contribution < -0.4 is 0 Å². The van der Waals surface area contributed by atoms with Crippen molar-refractivity contribution in [1.29, 1.82) is 0 Å². The largest absolute Gasteiger partial charge is 0.376 e. The van der Waals surface area contributed by atoms with Gasteiger partial charge in [-0.3, -0.25) is 4.79 Å². The summed E-state index contributed by atoms with van der Waals surface area (Å²) in [5, 5.41) is 8.59. The van der Waals surface area contributed by atoms with Gasteiger partial charge in [0.15, 0.2) is 0 Å². The second-order valence-electron chi connectivity index (χ2n) is 7.27. The molecule has 1 unspecified atom stereocenters. The van der Waals surface area contributed by atoms with Gasteiger partial charge in [-0.25, -0.2) is 4.68 Å². The second kappa shape index (κ2) is 7.01. The summed E-state index contributed by atoms with van der Waals surface area (Å²) < 4.78 is 19.5. The SMILES string of the molecule is CC(=O)N1CCC2(CC1)Cn1nnc(COCC3CCCO3)c1CO2. The first-order valence-corrected chi connectivity index (χ1v) is 9.15. The highest BCUT2D eigenvalue weighted by molar-refractivity contribution is 5.73. The standard InChI is InChI=1S/C17H26N4O4/c1-13(22)20-6-4-17(5-7-20)12-21-16(11-25-17)15(18-19-21)10-23-9-14-3-2-8-24-14/h14H,2-12H2,1H3. The molecule has 2 fully saturated rings. The first kappa shape index (κ1) is 16.9. The molecule has 1 atom stereocenters. The zero-order valence-corrected chi connectivity index (χ0v) is 14.8. The Hall–Kier alpha value is -1.51. The highest BCUT2D eigenvalue weighted by Crippen LogP contribution is 2.33. The maximum Gasteiger partial charge on any atom is 0.219 e. The lowest BCUT2D eigenvalue weighted by Gasteiger charge is -2.43. The molecule has 1 aromatic rings. The number of carbonyl (C=O) groups excluding carboxylic acids is 1. The van der Waals surface area contributed by atoms with E-state index in [0.29, 0.717) is 26.4 Å². The molecule has 8 heteroatoms. The molecule has 8 nitrogen and oxygen atoms in total. The predicted molar refractivity (Wildman–Crippen MR) is 87.7 cm³/mol. The zero-order chi connectivity index (χ0) is 17.3. The molecule has 0 bridgehead atoms. The van der Waals surface area contributed by atoms with Crippen LogP contribution in [0.2, 0.25) is 0 Å². The van der Waals surface area contributed by atoms with Crippen molar-refractivity contribution in [1.82, 2.24) is 19.9 Å². The molecule has 0 N–H and O–H groups in total. The fraction of sp³-hybridized carbons (Fsp3) is 0.824. The number of nitrogens with zero attached hydrogens (tertiary/aromatic N) is 4. The van der Waals surface area contributed by atoms with E-state index in [-0.39, 0.29) is 17.6 Å². The normalized spacial score (nSPS) is 25.3. The van der Waals surface area contributed by atoms with Crippen molar-refractivity contribution < 1.29 is 19.0 Å². The van der Waals surface area contributed by atoms with Crippen molar-refractivity contribution in [2.75, 3.05) is 26.3 Å².